The van der Waals surface area contributed by atoms with E-state index < -0.39 is 59.5 Å². The third-order valence-electron chi connectivity index (χ3n) is 10.2. The van der Waals surface area contributed by atoms with E-state index in [9.17, 15) is 20.4 Å². The van der Waals surface area contributed by atoms with Crippen molar-refractivity contribution in [3.63, 3.8) is 0 Å². The van der Waals surface area contributed by atoms with Gasteiger partial charge in [0.1, 0.15) is 36.1 Å². The zero-order valence-corrected chi connectivity index (χ0v) is 26.7. The smallest absolute Gasteiger partial charge is 0.187 e. The highest BCUT2D eigenvalue weighted by Gasteiger charge is 2.55. The van der Waals surface area contributed by atoms with Crippen LogP contribution in [0.2, 0.25) is 0 Å². The third kappa shape index (κ3) is 6.19. The Morgan fingerprint density at radius 3 is 2.40 bits per heavy atom. The molecular formula is C33H54O9. The highest BCUT2D eigenvalue weighted by Crippen LogP contribution is 2.56. The minimum absolute atomic E-state index is 0.0596. The molecule has 0 spiro atoms. The van der Waals surface area contributed by atoms with Gasteiger partial charge in [-0.15, -0.1) is 6.58 Å². The van der Waals surface area contributed by atoms with Crippen LogP contribution >= 0.6 is 0 Å². The van der Waals surface area contributed by atoms with E-state index in [0.717, 1.165) is 30.4 Å². The molecule has 11 atom stereocenters. The third-order valence-corrected chi connectivity index (χ3v) is 10.2. The minimum Gasteiger partial charge on any atom is -0.390 e. The van der Waals surface area contributed by atoms with Crippen LogP contribution in [0.15, 0.2) is 35.5 Å². The molecule has 0 radical (unpaired) electrons. The summed E-state index contributed by atoms with van der Waals surface area (Å²) in [6.45, 7) is 16.2. The molecule has 3 aliphatic carbocycles. The van der Waals surface area contributed by atoms with E-state index >= 15 is 0 Å². The second kappa shape index (κ2) is 12.7. The first-order valence-electron chi connectivity index (χ1n) is 15.5. The van der Waals surface area contributed by atoms with Crippen LogP contribution in [0, 0.1) is 23.2 Å². The average Bonchev–Trinajstić information content (AvgIpc) is 3.43. The van der Waals surface area contributed by atoms with Gasteiger partial charge in [-0.25, -0.2) is 0 Å². The topological polar surface area (TPSA) is 127 Å². The van der Waals surface area contributed by atoms with Gasteiger partial charge in [-0.1, -0.05) is 45.4 Å². The summed E-state index contributed by atoms with van der Waals surface area (Å²) >= 11 is 0. The van der Waals surface area contributed by atoms with Gasteiger partial charge in [0, 0.05) is 19.6 Å². The highest BCUT2D eigenvalue weighted by atomic mass is 16.7. The summed E-state index contributed by atoms with van der Waals surface area (Å²) in [5.41, 5.74) is 0.755. The fraction of sp³-hybridized carbons (Fsp3) is 0.818. The summed E-state index contributed by atoms with van der Waals surface area (Å²) in [6.07, 6.45) is -0.603. The first-order valence-corrected chi connectivity index (χ1v) is 15.5. The lowest BCUT2D eigenvalue weighted by atomic mass is 9.68. The largest absolute Gasteiger partial charge is 0.390 e. The molecule has 240 valence electrons. The van der Waals surface area contributed by atoms with Crippen molar-refractivity contribution < 1.29 is 44.1 Å². The van der Waals surface area contributed by atoms with E-state index in [1.807, 2.05) is 20.8 Å². The Hall–Kier alpha value is -1.14. The van der Waals surface area contributed by atoms with Gasteiger partial charge in [0.15, 0.2) is 6.29 Å². The molecular weight excluding hydrogens is 540 g/mol. The van der Waals surface area contributed by atoms with E-state index in [2.05, 4.69) is 33.4 Å². The van der Waals surface area contributed by atoms with Gasteiger partial charge in [-0.05, 0) is 68.4 Å². The zero-order chi connectivity index (χ0) is 31.2. The Morgan fingerprint density at radius 1 is 1.12 bits per heavy atom. The molecule has 2 fully saturated rings. The van der Waals surface area contributed by atoms with Crippen molar-refractivity contribution in [3.8, 4) is 0 Å². The molecule has 0 aromatic rings. The van der Waals surface area contributed by atoms with Crippen LogP contribution in [-0.2, 0) is 23.7 Å². The van der Waals surface area contributed by atoms with Crippen LogP contribution < -0.4 is 0 Å². The lowest BCUT2D eigenvalue weighted by molar-refractivity contribution is -0.328. The zero-order valence-electron chi connectivity index (χ0n) is 26.7. The van der Waals surface area contributed by atoms with E-state index in [-0.39, 0.29) is 31.0 Å². The SMILES string of the molecule is C=CC(C)(C)O[C@H]1[C@H](O)[C@@H](O)[C@@H](O[C@@H]2C3=C(C(C)C)CC[C@]3(C)C=C3[C@@H](CC[C@]3(O)COC)[C@@H](C)[C@H]2O)O[C@@H]1COC. The number of rotatable bonds is 10. The molecule has 0 amide bonds. The van der Waals surface area contributed by atoms with Gasteiger partial charge in [-0.3, -0.25) is 0 Å². The van der Waals surface area contributed by atoms with Crippen LogP contribution in [0.3, 0.4) is 0 Å². The van der Waals surface area contributed by atoms with Gasteiger partial charge >= 0.3 is 0 Å². The summed E-state index contributed by atoms with van der Waals surface area (Å²) in [7, 11) is 3.14. The lowest BCUT2D eigenvalue weighted by Gasteiger charge is -2.47. The number of hydrogen-bond acceptors (Lipinski definition) is 9. The van der Waals surface area contributed by atoms with Gasteiger partial charge in [0.05, 0.1) is 24.9 Å². The normalized spacial score (nSPS) is 42.7. The summed E-state index contributed by atoms with van der Waals surface area (Å²) in [5, 5.41) is 46.4. The predicted octanol–water partition coefficient (Wildman–Crippen LogP) is 3.29. The van der Waals surface area contributed by atoms with Crippen molar-refractivity contribution in [2.45, 2.75) is 121 Å². The molecule has 1 saturated heterocycles. The van der Waals surface area contributed by atoms with Crippen molar-refractivity contribution in [1.29, 1.82) is 0 Å². The Bertz CT molecular complexity index is 1040. The maximum absolute atomic E-state index is 12.1. The van der Waals surface area contributed by atoms with Crippen LogP contribution in [0.1, 0.15) is 67.2 Å². The molecule has 1 aliphatic heterocycles. The Labute approximate surface area is 251 Å². The van der Waals surface area contributed by atoms with Crippen LogP contribution in [0.4, 0.5) is 0 Å². The monoisotopic (exact) mass is 594 g/mol. The maximum Gasteiger partial charge on any atom is 0.187 e. The van der Waals surface area contributed by atoms with Gasteiger partial charge < -0.3 is 44.1 Å². The number of aliphatic hydroxyl groups is 4. The van der Waals surface area contributed by atoms with Crippen LogP contribution in [0.25, 0.3) is 0 Å². The van der Waals surface area contributed by atoms with Gasteiger partial charge in [-0.2, -0.15) is 0 Å². The number of hydrogen-bond donors (Lipinski definition) is 4. The first kappa shape index (κ1) is 33.7. The second-order valence-corrected chi connectivity index (χ2v) is 14.0. The fourth-order valence-electron chi connectivity index (χ4n) is 7.69. The quantitative estimate of drug-likeness (QED) is 0.282. The Kier molecular flexibility index (Phi) is 10.2. The minimum atomic E-state index is -1.43. The molecule has 1 heterocycles. The molecule has 42 heavy (non-hydrogen) atoms. The van der Waals surface area contributed by atoms with Gasteiger partial charge in [0.25, 0.3) is 0 Å². The molecule has 9 heteroatoms. The van der Waals surface area contributed by atoms with Crippen molar-refractivity contribution >= 4 is 0 Å². The van der Waals surface area contributed by atoms with Crippen LogP contribution in [-0.4, -0.2) is 102 Å². The summed E-state index contributed by atoms with van der Waals surface area (Å²) in [6, 6.07) is 0. The van der Waals surface area contributed by atoms with Crippen molar-refractivity contribution in [2.75, 3.05) is 27.4 Å². The number of aliphatic hydroxyl groups excluding tert-OH is 3. The molecule has 4 rings (SSSR count). The van der Waals surface area contributed by atoms with Crippen molar-refractivity contribution in [2.24, 2.45) is 23.2 Å². The van der Waals surface area contributed by atoms with Crippen LogP contribution in [0.5, 0.6) is 0 Å². The Morgan fingerprint density at radius 2 is 1.81 bits per heavy atom. The number of fused-ring (bicyclic) bond motifs is 2. The molecule has 4 aliphatic rings. The van der Waals surface area contributed by atoms with Crippen molar-refractivity contribution in [1.82, 2.24) is 0 Å². The maximum atomic E-state index is 12.1. The van der Waals surface area contributed by atoms with E-state index in [1.165, 1.54) is 12.7 Å². The average molecular weight is 595 g/mol. The summed E-state index contributed by atoms with van der Waals surface area (Å²) in [4.78, 5) is 0. The van der Waals surface area contributed by atoms with E-state index in [0.29, 0.717) is 6.42 Å². The lowest BCUT2D eigenvalue weighted by Crippen LogP contribution is -2.62. The summed E-state index contributed by atoms with van der Waals surface area (Å²) < 4.78 is 29.9. The molecule has 0 aromatic carbocycles. The highest BCUT2D eigenvalue weighted by molar-refractivity contribution is 5.42. The summed E-state index contributed by atoms with van der Waals surface area (Å²) in [5.74, 6) is -0.118. The molecule has 9 nitrogen and oxygen atoms in total. The standard InChI is InChI=1S/C33H54O9/c1-10-31(5,6)42-28-23(16-38-8)40-30(27(36)26(28)35)41-29-24-20(18(2)3)11-13-32(24,7)15-22-21(19(4)25(29)34)12-14-33(22,37)17-39-9/h10,15,18-19,21,23,25-30,34-37H,1,11-14,16-17H2,2-9H3/t19-,21+,23-,25-,26-,27-,28-,29-,30-,32-,33+/m1/s1. The number of methoxy groups -OCH3 is 2. The predicted molar refractivity (Wildman–Crippen MR) is 159 cm³/mol. The van der Waals surface area contributed by atoms with Crippen molar-refractivity contribution in [3.05, 3.63) is 35.5 Å². The molecule has 0 aromatic heterocycles. The number of allylic oxidation sites excluding steroid dienone is 2. The second-order valence-electron chi connectivity index (χ2n) is 14.0. The molecule has 0 bridgehead atoms. The first-order chi connectivity index (χ1) is 19.6. The van der Waals surface area contributed by atoms with E-state index in [1.54, 1.807) is 13.2 Å². The number of ether oxygens (including phenoxy) is 5. The molecule has 1 saturated carbocycles. The van der Waals surface area contributed by atoms with E-state index in [4.69, 9.17) is 23.7 Å². The fourth-order valence-corrected chi connectivity index (χ4v) is 7.69. The van der Waals surface area contributed by atoms with Gasteiger partial charge in [0.2, 0.25) is 0 Å². The molecule has 0 unspecified atom stereocenters. The Balaban J connectivity index is 1.75. The molecule has 4 N–H and O–H groups in total.